The van der Waals surface area contributed by atoms with Crippen molar-refractivity contribution >= 4 is 11.9 Å². The molecule has 0 aliphatic heterocycles. The summed E-state index contributed by atoms with van der Waals surface area (Å²) in [6.45, 7) is 6.61. The third-order valence-electron chi connectivity index (χ3n) is 3.57. The van der Waals surface area contributed by atoms with Crippen molar-refractivity contribution in [1.29, 1.82) is 0 Å². The number of carbonyl (C=O) groups excluding carboxylic acids is 2. The molecule has 0 saturated heterocycles. The number of nitrogens with zero attached hydrogens (tertiary/aromatic N) is 1. The summed E-state index contributed by atoms with van der Waals surface area (Å²) < 4.78 is 9.90. The van der Waals surface area contributed by atoms with E-state index in [-0.39, 0.29) is 23.7 Å². The van der Waals surface area contributed by atoms with Gasteiger partial charge in [0.05, 0.1) is 20.1 Å². The molecule has 0 aliphatic carbocycles. The number of ether oxygens (including phenoxy) is 2. The third-order valence-corrected chi connectivity index (χ3v) is 3.57. The highest BCUT2D eigenvalue weighted by molar-refractivity contribution is 5.78. The Morgan fingerprint density at radius 2 is 1.70 bits per heavy atom. The van der Waals surface area contributed by atoms with Crippen LogP contribution in [-0.2, 0) is 20.9 Å². The Morgan fingerprint density at radius 3 is 2.17 bits per heavy atom. The lowest BCUT2D eigenvalue weighted by Crippen LogP contribution is -2.37. The average Bonchev–Trinajstić information content (AvgIpc) is 2.53. The molecule has 0 bridgehead atoms. The number of amides is 1. The van der Waals surface area contributed by atoms with Crippen molar-refractivity contribution in [2.45, 2.75) is 33.7 Å². The number of hydrogen-bond donors (Lipinski definition) is 0. The van der Waals surface area contributed by atoms with Gasteiger partial charge in [0.1, 0.15) is 5.75 Å². The zero-order valence-electron chi connectivity index (χ0n) is 14.7. The molecule has 0 spiro atoms. The Bertz CT molecular complexity index is 510. The van der Waals surface area contributed by atoms with Crippen LogP contribution in [-0.4, -0.2) is 37.5 Å². The Hall–Kier alpha value is -2.04. The number of rotatable bonds is 8. The molecular formula is C18H27NO4. The second-order valence-corrected chi connectivity index (χ2v) is 6.14. The van der Waals surface area contributed by atoms with Crippen molar-refractivity contribution in [2.75, 3.05) is 20.8 Å². The largest absolute Gasteiger partial charge is 0.497 e. The maximum atomic E-state index is 12.5. The van der Waals surface area contributed by atoms with E-state index in [1.54, 1.807) is 18.9 Å². The standard InChI is InChI=1S/C18H27NO4/c1-13(2)10-17(20)19(11-14(3)18(21)23-5)12-15-6-8-16(22-4)9-7-15/h6-9,13-14H,10-12H2,1-5H3. The number of esters is 1. The molecule has 1 aromatic rings. The summed E-state index contributed by atoms with van der Waals surface area (Å²) in [6.07, 6.45) is 0.462. The van der Waals surface area contributed by atoms with Crippen LogP contribution in [0.2, 0.25) is 0 Å². The molecule has 0 radical (unpaired) electrons. The summed E-state index contributed by atoms with van der Waals surface area (Å²) in [5.74, 6) is 0.439. The van der Waals surface area contributed by atoms with Crippen LogP contribution in [0.5, 0.6) is 5.75 Å². The summed E-state index contributed by atoms with van der Waals surface area (Å²) in [5, 5.41) is 0. The molecule has 5 heteroatoms. The normalized spacial score (nSPS) is 11.9. The first-order chi connectivity index (χ1) is 10.9. The second-order valence-electron chi connectivity index (χ2n) is 6.14. The molecular weight excluding hydrogens is 294 g/mol. The minimum atomic E-state index is -0.352. The van der Waals surface area contributed by atoms with Gasteiger partial charge in [0.15, 0.2) is 0 Å². The van der Waals surface area contributed by atoms with Crippen LogP contribution in [0.3, 0.4) is 0 Å². The lowest BCUT2D eigenvalue weighted by molar-refractivity contribution is -0.146. The molecule has 5 nitrogen and oxygen atoms in total. The van der Waals surface area contributed by atoms with Gasteiger partial charge in [0.25, 0.3) is 0 Å². The molecule has 128 valence electrons. The average molecular weight is 321 g/mol. The topological polar surface area (TPSA) is 55.8 Å². The number of hydrogen-bond acceptors (Lipinski definition) is 4. The Balaban J connectivity index is 2.84. The van der Waals surface area contributed by atoms with Crippen molar-refractivity contribution in [3.8, 4) is 5.75 Å². The monoisotopic (exact) mass is 321 g/mol. The van der Waals surface area contributed by atoms with Crippen LogP contribution >= 0.6 is 0 Å². The van der Waals surface area contributed by atoms with E-state index in [2.05, 4.69) is 0 Å². The van der Waals surface area contributed by atoms with Crippen LogP contribution in [0.15, 0.2) is 24.3 Å². The lowest BCUT2D eigenvalue weighted by Gasteiger charge is -2.26. The molecule has 0 aliphatic rings. The van der Waals surface area contributed by atoms with Gasteiger partial charge >= 0.3 is 5.97 Å². The van der Waals surface area contributed by atoms with E-state index in [9.17, 15) is 9.59 Å². The SMILES string of the molecule is COC(=O)C(C)CN(Cc1ccc(OC)cc1)C(=O)CC(C)C. The first-order valence-electron chi connectivity index (χ1n) is 7.85. The fourth-order valence-corrected chi connectivity index (χ4v) is 2.29. The quantitative estimate of drug-likeness (QED) is 0.691. The Labute approximate surface area is 138 Å². The van der Waals surface area contributed by atoms with E-state index in [4.69, 9.17) is 9.47 Å². The van der Waals surface area contributed by atoms with E-state index >= 15 is 0 Å². The van der Waals surface area contributed by atoms with E-state index in [1.807, 2.05) is 38.1 Å². The molecule has 0 N–H and O–H groups in total. The van der Waals surface area contributed by atoms with Crippen molar-refractivity contribution in [2.24, 2.45) is 11.8 Å². The van der Waals surface area contributed by atoms with Crippen LogP contribution in [0.25, 0.3) is 0 Å². The van der Waals surface area contributed by atoms with Crippen molar-refractivity contribution < 1.29 is 19.1 Å². The van der Waals surface area contributed by atoms with Gasteiger partial charge in [-0.3, -0.25) is 9.59 Å². The zero-order valence-corrected chi connectivity index (χ0v) is 14.7. The fourth-order valence-electron chi connectivity index (χ4n) is 2.29. The highest BCUT2D eigenvalue weighted by Crippen LogP contribution is 2.16. The van der Waals surface area contributed by atoms with Gasteiger partial charge in [-0.2, -0.15) is 0 Å². The molecule has 0 saturated carbocycles. The summed E-state index contributed by atoms with van der Waals surface area (Å²) in [4.78, 5) is 25.9. The smallest absolute Gasteiger partial charge is 0.310 e. The number of carbonyl (C=O) groups is 2. The summed E-state index contributed by atoms with van der Waals surface area (Å²) in [6, 6.07) is 7.59. The van der Waals surface area contributed by atoms with E-state index < -0.39 is 0 Å². The van der Waals surface area contributed by atoms with Crippen LogP contribution in [0, 0.1) is 11.8 Å². The molecule has 0 aromatic heterocycles. The number of benzene rings is 1. The molecule has 1 rings (SSSR count). The fraction of sp³-hybridized carbons (Fsp3) is 0.556. The van der Waals surface area contributed by atoms with Gasteiger partial charge in [-0.05, 0) is 23.6 Å². The number of methoxy groups -OCH3 is 2. The Kier molecular flexibility index (Phi) is 7.59. The van der Waals surface area contributed by atoms with Gasteiger partial charge in [-0.15, -0.1) is 0 Å². The predicted octanol–water partition coefficient (Wildman–Crippen LogP) is 2.88. The molecule has 0 fully saturated rings. The van der Waals surface area contributed by atoms with Crippen molar-refractivity contribution in [3.05, 3.63) is 29.8 Å². The van der Waals surface area contributed by atoms with Crippen LogP contribution < -0.4 is 4.74 Å². The third kappa shape index (κ3) is 6.30. The molecule has 1 atom stereocenters. The molecule has 0 heterocycles. The second kappa shape index (κ2) is 9.18. The predicted molar refractivity (Wildman–Crippen MR) is 89.0 cm³/mol. The van der Waals surface area contributed by atoms with E-state index in [0.717, 1.165) is 11.3 Å². The Morgan fingerprint density at radius 1 is 1.09 bits per heavy atom. The van der Waals surface area contributed by atoms with Gasteiger partial charge in [0.2, 0.25) is 5.91 Å². The highest BCUT2D eigenvalue weighted by atomic mass is 16.5. The first-order valence-corrected chi connectivity index (χ1v) is 7.85. The van der Waals surface area contributed by atoms with E-state index in [1.165, 1.54) is 7.11 Å². The van der Waals surface area contributed by atoms with Crippen LogP contribution in [0.1, 0.15) is 32.8 Å². The molecule has 1 aromatic carbocycles. The molecule has 1 amide bonds. The lowest BCUT2D eigenvalue weighted by atomic mass is 10.1. The zero-order chi connectivity index (χ0) is 17.4. The summed E-state index contributed by atoms with van der Waals surface area (Å²) in [5.41, 5.74) is 1.000. The van der Waals surface area contributed by atoms with Crippen molar-refractivity contribution in [1.82, 2.24) is 4.90 Å². The molecule has 1 unspecified atom stereocenters. The van der Waals surface area contributed by atoms with E-state index in [0.29, 0.717) is 19.5 Å². The van der Waals surface area contributed by atoms with Gasteiger partial charge in [-0.25, -0.2) is 0 Å². The maximum absolute atomic E-state index is 12.5. The van der Waals surface area contributed by atoms with Gasteiger partial charge < -0.3 is 14.4 Å². The summed E-state index contributed by atoms with van der Waals surface area (Å²) >= 11 is 0. The minimum Gasteiger partial charge on any atom is -0.497 e. The minimum absolute atomic E-state index is 0.0478. The summed E-state index contributed by atoms with van der Waals surface area (Å²) in [7, 11) is 2.98. The highest BCUT2D eigenvalue weighted by Gasteiger charge is 2.22. The van der Waals surface area contributed by atoms with Crippen LogP contribution in [0.4, 0.5) is 0 Å². The first kappa shape index (κ1) is 19.0. The van der Waals surface area contributed by atoms with Gasteiger partial charge in [0, 0.05) is 19.5 Å². The van der Waals surface area contributed by atoms with Gasteiger partial charge in [-0.1, -0.05) is 32.9 Å². The molecule has 23 heavy (non-hydrogen) atoms. The maximum Gasteiger partial charge on any atom is 0.310 e. The van der Waals surface area contributed by atoms with Crippen molar-refractivity contribution in [3.63, 3.8) is 0 Å².